The van der Waals surface area contributed by atoms with Crippen LogP contribution in [0.5, 0.6) is 5.75 Å². The number of Topliss-reactive ketones (excluding diaryl/α,β-unsaturated/α-hetero) is 1. The van der Waals surface area contributed by atoms with Crippen LogP contribution in [0.15, 0.2) is 36.0 Å². The summed E-state index contributed by atoms with van der Waals surface area (Å²) in [6, 6.07) is 7.66. The van der Waals surface area contributed by atoms with Gasteiger partial charge in [0, 0.05) is 25.1 Å². The lowest BCUT2D eigenvalue weighted by atomic mass is 9.69. The van der Waals surface area contributed by atoms with Crippen molar-refractivity contribution < 1.29 is 19.1 Å². The molecule has 0 bridgehead atoms. The fourth-order valence-corrected chi connectivity index (χ4v) is 3.88. The molecule has 27 heavy (non-hydrogen) atoms. The highest BCUT2D eigenvalue weighted by molar-refractivity contribution is 5.97. The van der Waals surface area contributed by atoms with Crippen molar-refractivity contribution in [2.45, 2.75) is 33.1 Å². The van der Waals surface area contributed by atoms with Crippen LogP contribution in [0, 0.1) is 17.3 Å². The zero-order valence-electron chi connectivity index (χ0n) is 16.0. The van der Waals surface area contributed by atoms with Crippen LogP contribution in [0.2, 0.25) is 0 Å². The van der Waals surface area contributed by atoms with Crippen LogP contribution in [0.3, 0.4) is 0 Å². The minimum atomic E-state index is -0.635. The molecule has 144 valence electrons. The van der Waals surface area contributed by atoms with Crippen LogP contribution in [-0.4, -0.2) is 31.3 Å². The normalized spacial score (nSPS) is 23.7. The Hall–Kier alpha value is -2.63. The van der Waals surface area contributed by atoms with E-state index < -0.39 is 11.8 Å². The van der Waals surface area contributed by atoms with E-state index in [9.17, 15) is 14.4 Å². The van der Waals surface area contributed by atoms with Crippen LogP contribution in [0.4, 0.5) is 0 Å². The van der Waals surface area contributed by atoms with Crippen LogP contribution < -0.4 is 15.4 Å². The summed E-state index contributed by atoms with van der Waals surface area (Å²) in [4.78, 5) is 37.4. The molecule has 0 unspecified atom stereocenters. The summed E-state index contributed by atoms with van der Waals surface area (Å²) in [5.74, 6) is -0.816. The molecule has 1 aromatic rings. The van der Waals surface area contributed by atoms with E-state index in [2.05, 4.69) is 10.6 Å². The van der Waals surface area contributed by atoms with Gasteiger partial charge in [0.2, 0.25) is 11.8 Å². The van der Waals surface area contributed by atoms with Crippen LogP contribution in [0.1, 0.15) is 32.3 Å². The van der Waals surface area contributed by atoms with Gasteiger partial charge in [-0.3, -0.25) is 14.4 Å². The maximum atomic E-state index is 12.7. The molecule has 6 nitrogen and oxygen atoms in total. The average Bonchev–Trinajstić information content (AvgIpc) is 2.60. The number of rotatable bonds is 5. The highest BCUT2D eigenvalue weighted by atomic mass is 16.5. The zero-order valence-corrected chi connectivity index (χ0v) is 16.0. The largest absolute Gasteiger partial charge is 0.497 e. The van der Waals surface area contributed by atoms with Gasteiger partial charge in [0.05, 0.1) is 18.9 Å². The quantitative estimate of drug-likeness (QED) is 0.830. The molecule has 0 radical (unpaired) electrons. The number of carbonyl (C=O) groups is 3. The van der Waals surface area contributed by atoms with Gasteiger partial charge in [0.1, 0.15) is 11.5 Å². The fraction of sp³-hybridized carbons (Fsp3) is 0.476. The molecule has 0 spiro atoms. The van der Waals surface area contributed by atoms with Crippen molar-refractivity contribution in [1.29, 1.82) is 0 Å². The number of ether oxygens (including phenoxy) is 1. The summed E-state index contributed by atoms with van der Waals surface area (Å²) >= 11 is 0. The number of hydrogen-bond acceptors (Lipinski definition) is 4. The monoisotopic (exact) mass is 370 g/mol. The molecule has 2 amide bonds. The molecule has 2 atom stereocenters. The molecule has 1 fully saturated rings. The third kappa shape index (κ3) is 4.38. The first-order valence-electron chi connectivity index (χ1n) is 9.25. The van der Waals surface area contributed by atoms with E-state index in [1.807, 2.05) is 44.2 Å². The maximum absolute atomic E-state index is 12.7. The van der Waals surface area contributed by atoms with Crippen LogP contribution in [0.25, 0.3) is 0 Å². The summed E-state index contributed by atoms with van der Waals surface area (Å²) in [5.41, 5.74) is 1.36. The molecular formula is C21H26N2O4. The number of amides is 2. The lowest BCUT2D eigenvalue weighted by Crippen LogP contribution is -2.51. The van der Waals surface area contributed by atoms with Crippen molar-refractivity contribution in [3.63, 3.8) is 0 Å². The number of benzene rings is 1. The lowest BCUT2D eigenvalue weighted by Gasteiger charge is -2.38. The van der Waals surface area contributed by atoms with Crippen molar-refractivity contribution in [2.75, 3.05) is 13.7 Å². The third-order valence-electron chi connectivity index (χ3n) is 5.16. The molecule has 1 aliphatic carbocycles. The smallest absolute Gasteiger partial charge is 0.224 e. The Balaban J connectivity index is 1.64. The summed E-state index contributed by atoms with van der Waals surface area (Å²) in [5, 5.41) is 5.69. The summed E-state index contributed by atoms with van der Waals surface area (Å²) in [7, 11) is 1.62. The highest BCUT2D eigenvalue weighted by Gasteiger charge is 2.45. The fourth-order valence-electron chi connectivity index (χ4n) is 3.88. The van der Waals surface area contributed by atoms with E-state index in [0.29, 0.717) is 25.1 Å². The van der Waals surface area contributed by atoms with Crippen LogP contribution >= 0.6 is 0 Å². The van der Waals surface area contributed by atoms with Gasteiger partial charge in [-0.2, -0.15) is 0 Å². The molecule has 2 N–H and O–H groups in total. The van der Waals surface area contributed by atoms with Gasteiger partial charge >= 0.3 is 0 Å². The Morgan fingerprint density at radius 3 is 2.63 bits per heavy atom. The first-order chi connectivity index (χ1) is 12.8. The van der Waals surface area contributed by atoms with Crippen LogP contribution in [-0.2, 0) is 20.8 Å². The first kappa shape index (κ1) is 19.1. The second kappa shape index (κ2) is 7.55. The molecule has 1 heterocycles. The molecule has 3 rings (SSSR count). The number of methoxy groups -OCH3 is 1. The van der Waals surface area contributed by atoms with Crippen molar-refractivity contribution >= 4 is 17.6 Å². The zero-order chi connectivity index (χ0) is 19.6. The second-order valence-corrected chi connectivity index (χ2v) is 7.96. The number of carbonyl (C=O) groups excluding carboxylic acids is 3. The summed E-state index contributed by atoms with van der Waals surface area (Å²) < 4.78 is 5.13. The second-order valence-electron chi connectivity index (χ2n) is 7.96. The van der Waals surface area contributed by atoms with Gasteiger partial charge in [-0.05, 0) is 29.5 Å². The Morgan fingerprint density at radius 1 is 1.26 bits per heavy atom. The Labute approximate surface area is 159 Å². The van der Waals surface area contributed by atoms with E-state index in [0.717, 1.165) is 11.3 Å². The number of ketones is 1. The van der Waals surface area contributed by atoms with Crippen molar-refractivity contribution in [1.82, 2.24) is 10.6 Å². The predicted octanol–water partition coefficient (Wildman–Crippen LogP) is 1.99. The van der Waals surface area contributed by atoms with Gasteiger partial charge in [-0.15, -0.1) is 0 Å². The number of nitrogens with one attached hydrogen (secondary N) is 2. The van der Waals surface area contributed by atoms with E-state index >= 15 is 0 Å². The van der Waals surface area contributed by atoms with E-state index in [4.69, 9.17) is 4.74 Å². The molecule has 1 aliphatic heterocycles. The van der Waals surface area contributed by atoms with Crippen molar-refractivity contribution in [2.24, 2.45) is 17.3 Å². The number of piperidine rings is 1. The van der Waals surface area contributed by atoms with Crippen molar-refractivity contribution in [3.05, 3.63) is 41.6 Å². The number of hydrogen-bond donors (Lipinski definition) is 2. The molecule has 1 saturated heterocycles. The third-order valence-corrected chi connectivity index (χ3v) is 5.16. The van der Waals surface area contributed by atoms with Gasteiger partial charge in [-0.25, -0.2) is 0 Å². The van der Waals surface area contributed by atoms with E-state index in [-0.39, 0.29) is 29.4 Å². The molecule has 2 aliphatic rings. The Morgan fingerprint density at radius 2 is 1.96 bits per heavy atom. The van der Waals surface area contributed by atoms with Gasteiger partial charge in [-0.1, -0.05) is 32.1 Å². The highest BCUT2D eigenvalue weighted by Crippen LogP contribution is 2.39. The molecular weight excluding hydrogens is 344 g/mol. The Bertz CT molecular complexity index is 780. The summed E-state index contributed by atoms with van der Waals surface area (Å²) in [6.07, 6.45) is 3.02. The van der Waals surface area contributed by atoms with Gasteiger partial charge in [0.15, 0.2) is 0 Å². The number of fused-ring (bicyclic) bond motifs is 1. The van der Waals surface area contributed by atoms with Gasteiger partial charge < -0.3 is 15.4 Å². The van der Waals surface area contributed by atoms with Crippen molar-refractivity contribution in [3.8, 4) is 5.75 Å². The van der Waals surface area contributed by atoms with E-state index in [1.54, 1.807) is 7.11 Å². The average molecular weight is 370 g/mol. The minimum absolute atomic E-state index is 0.0211. The number of allylic oxidation sites excluding steroid dienone is 2. The molecule has 6 heteroatoms. The Kier molecular flexibility index (Phi) is 5.35. The topological polar surface area (TPSA) is 84.5 Å². The lowest BCUT2D eigenvalue weighted by molar-refractivity contribution is -0.139. The molecule has 0 saturated carbocycles. The van der Waals surface area contributed by atoms with E-state index in [1.165, 1.54) is 0 Å². The molecule has 0 aromatic heterocycles. The summed E-state index contributed by atoms with van der Waals surface area (Å²) in [6.45, 7) is 4.37. The first-order valence-corrected chi connectivity index (χ1v) is 9.25. The predicted molar refractivity (Wildman–Crippen MR) is 101 cm³/mol. The minimum Gasteiger partial charge on any atom is -0.497 e. The molecule has 1 aromatic carbocycles. The SMILES string of the molecule is COc1ccc(CCNC(=O)[C@@H]2CC(=O)NC3=CC(C)(C)CC(=O)[C@@H]32)cc1. The maximum Gasteiger partial charge on any atom is 0.224 e. The van der Waals surface area contributed by atoms with Gasteiger partial charge in [0.25, 0.3) is 0 Å². The standard InChI is InChI=1S/C21H26N2O4/c1-21(2)11-16-19(17(24)12-21)15(10-18(25)23-16)20(26)22-9-8-13-4-6-14(27-3)7-5-13/h4-7,11,15,19H,8-10,12H2,1-3H3,(H,22,26)(H,23,25)/t15-,19-/m1/s1.